The van der Waals surface area contributed by atoms with Crippen LogP contribution >= 0.6 is 0 Å². The number of hydrogen-bond donors (Lipinski definition) is 1. The van der Waals surface area contributed by atoms with Crippen LogP contribution in [0.5, 0.6) is 5.75 Å². The van der Waals surface area contributed by atoms with E-state index in [4.69, 9.17) is 9.72 Å². The number of aromatic nitrogens is 4. The number of rotatable bonds is 5. The zero-order valence-electron chi connectivity index (χ0n) is 19.1. The van der Waals surface area contributed by atoms with E-state index in [1.165, 1.54) is 25.7 Å². The molecule has 1 saturated carbocycles. The average Bonchev–Trinajstić information content (AvgIpc) is 3.40. The van der Waals surface area contributed by atoms with Gasteiger partial charge in [0.2, 0.25) is 0 Å². The molecule has 5 rings (SSSR count). The summed E-state index contributed by atoms with van der Waals surface area (Å²) in [5.41, 5.74) is 2.18. The Morgan fingerprint density at radius 2 is 1.94 bits per heavy atom. The summed E-state index contributed by atoms with van der Waals surface area (Å²) in [5.74, 6) is 2.02. The van der Waals surface area contributed by atoms with Crippen molar-refractivity contribution in [3.05, 3.63) is 40.3 Å². The number of fused-ring (bicyclic) bond motifs is 1. The Kier molecular flexibility index (Phi) is 6.00. The van der Waals surface area contributed by atoms with Crippen LogP contribution in [-0.2, 0) is 6.42 Å². The number of ether oxygens (including phenoxy) is 1. The van der Waals surface area contributed by atoms with Crippen LogP contribution < -0.4 is 10.3 Å². The molecule has 4 aliphatic rings. The zero-order chi connectivity index (χ0) is 22.1. The molecule has 32 heavy (non-hydrogen) atoms. The van der Waals surface area contributed by atoms with Gasteiger partial charge in [-0.05, 0) is 64.3 Å². The highest BCUT2D eigenvalue weighted by molar-refractivity contribution is 5.65. The lowest BCUT2D eigenvalue weighted by molar-refractivity contribution is 0.155. The fourth-order valence-electron chi connectivity index (χ4n) is 5.21. The number of nitrogens with zero attached hydrogens (tertiary/aromatic N) is 4. The summed E-state index contributed by atoms with van der Waals surface area (Å²) in [5, 5.41) is 3.46. The fraction of sp³-hybridized carbons (Fsp3) is 0.560. The molecule has 1 saturated heterocycles. The Balaban J connectivity index is 1.49. The summed E-state index contributed by atoms with van der Waals surface area (Å²) >= 11 is 0. The third-order valence-electron chi connectivity index (χ3n) is 6.91. The van der Waals surface area contributed by atoms with Gasteiger partial charge < -0.3 is 9.64 Å². The van der Waals surface area contributed by atoms with Crippen molar-refractivity contribution in [2.75, 3.05) is 20.1 Å². The molecule has 0 amide bonds. The van der Waals surface area contributed by atoms with E-state index >= 15 is 0 Å². The lowest BCUT2D eigenvalue weighted by Crippen LogP contribution is -2.31. The first-order valence-corrected chi connectivity index (χ1v) is 12.1. The van der Waals surface area contributed by atoms with Crippen molar-refractivity contribution in [2.24, 2.45) is 0 Å². The number of likely N-dealkylation sites (tertiary alicyclic amines) is 1. The molecule has 3 heterocycles. The maximum Gasteiger partial charge on any atom is 0.284 e. The highest BCUT2D eigenvalue weighted by Gasteiger charge is 2.28. The van der Waals surface area contributed by atoms with Gasteiger partial charge in [0.05, 0.1) is 6.04 Å². The smallest absolute Gasteiger partial charge is 0.284 e. The molecule has 1 aromatic carbocycles. The van der Waals surface area contributed by atoms with Crippen LogP contribution in [-0.4, -0.2) is 50.9 Å². The SMILES string of the molecule is CCc1[nH]n(C2CCCC2)c2nc(-c3cccc(OC4CCCCN(C)C4)c3)nc(=O)c1-2. The second-order valence-electron chi connectivity index (χ2n) is 9.33. The highest BCUT2D eigenvalue weighted by atomic mass is 16.5. The second kappa shape index (κ2) is 9.06. The van der Waals surface area contributed by atoms with Crippen molar-refractivity contribution >= 4 is 0 Å². The molecule has 7 heteroatoms. The van der Waals surface area contributed by atoms with E-state index in [1.807, 2.05) is 24.3 Å². The summed E-state index contributed by atoms with van der Waals surface area (Å²) < 4.78 is 8.45. The summed E-state index contributed by atoms with van der Waals surface area (Å²) in [6, 6.07) is 8.25. The van der Waals surface area contributed by atoms with Crippen molar-refractivity contribution in [2.45, 2.75) is 70.4 Å². The Morgan fingerprint density at radius 3 is 2.75 bits per heavy atom. The third-order valence-corrected chi connectivity index (χ3v) is 6.91. The number of hydrogen-bond acceptors (Lipinski definition) is 5. The molecule has 1 aliphatic carbocycles. The molecular formula is C25H33N5O2. The van der Waals surface area contributed by atoms with Gasteiger partial charge in [-0.2, -0.15) is 4.98 Å². The quantitative estimate of drug-likeness (QED) is 0.647. The first-order valence-electron chi connectivity index (χ1n) is 12.1. The largest absolute Gasteiger partial charge is 0.489 e. The summed E-state index contributed by atoms with van der Waals surface area (Å²) in [4.78, 5) is 24.6. The van der Waals surface area contributed by atoms with Gasteiger partial charge in [0.15, 0.2) is 11.6 Å². The molecule has 1 unspecified atom stereocenters. The van der Waals surface area contributed by atoms with E-state index in [-0.39, 0.29) is 11.7 Å². The molecule has 1 N–H and O–H groups in total. The predicted octanol–water partition coefficient (Wildman–Crippen LogP) is 4.28. The maximum absolute atomic E-state index is 13.0. The van der Waals surface area contributed by atoms with Gasteiger partial charge in [0, 0.05) is 17.8 Å². The lowest BCUT2D eigenvalue weighted by atomic mass is 10.1. The average molecular weight is 436 g/mol. The Bertz CT molecular complexity index is 1100. The second-order valence-corrected chi connectivity index (χ2v) is 9.33. The van der Waals surface area contributed by atoms with E-state index in [2.05, 4.69) is 33.6 Å². The fourth-order valence-corrected chi connectivity index (χ4v) is 5.21. The number of nitrogens with one attached hydrogen (secondary N) is 1. The Morgan fingerprint density at radius 1 is 1.12 bits per heavy atom. The maximum atomic E-state index is 13.0. The highest BCUT2D eigenvalue weighted by Crippen LogP contribution is 2.34. The van der Waals surface area contributed by atoms with Gasteiger partial charge in [-0.1, -0.05) is 31.9 Å². The Labute approximate surface area is 189 Å². The lowest BCUT2D eigenvalue weighted by Gasteiger charge is -2.21. The molecule has 7 nitrogen and oxygen atoms in total. The molecule has 1 atom stereocenters. The molecule has 1 aromatic rings. The topological polar surface area (TPSA) is 76.0 Å². The van der Waals surface area contributed by atoms with E-state index in [0.717, 1.165) is 61.6 Å². The minimum absolute atomic E-state index is 0.178. The van der Waals surface area contributed by atoms with Crippen LogP contribution in [0.1, 0.15) is 63.6 Å². The van der Waals surface area contributed by atoms with E-state index in [9.17, 15) is 4.79 Å². The zero-order valence-corrected chi connectivity index (χ0v) is 19.1. The third kappa shape index (κ3) is 4.18. The van der Waals surface area contributed by atoms with Crippen molar-refractivity contribution in [1.29, 1.82) is 0 Å². The molecular weight excluding hydrogens is 402 g/mol. The predicted molar refractivity (Wildman–Crippen MR) is 125 cm³/mol. The standard InChI is InChI=1S/C25H33N5O2/c1-3-21-22-24(30(28-21)18-10-4-5-11-18)26-23(27-25(22)31)17-9-8-13-19(15-17)32-20-12-6-7-14-29(2)16-20/h8-9,13,15,18,20,28H,3-7,10-12,14,16H2,1-2H3. The molecule has 3 aliphatic heterocycles. The summed E-state index contributed by atoms with van der Waals surface area (Å²) in [6.45, 7) is 4.11. The van der Waals surface area contributed by atoms with Gasteiger partial charge in [-0.3, -0.25) is 14.6 Å². The van der Waals surface area contributed by atoms with E-state index in [0.29, 0.717) is 17.4 Å². The number of H-pyrrole nitrogens is 1. The monoisotopic (exact) mass is 435 g/mol. The van der Waals surface area contributed by atoms with Crippen molar-refractivity contribution < 1.29 is 4.74 Å². The number of likely N-dealkylation sites (N-methyl/N-ethyl adjacent to an activating group) is 1. The van der Waals surface area contributed by atoms with Gasteiger partial charge in [-0.25, -0.2) is 4.98 Å². The van der Waals surface area contributed by atoms with Gasteiger partial charge in [0.1, 0.15) is 17.4 Å². The van der Waals surface area contributed by atoms with Crippen molar-refractivity contribution in [3.63, 3.8) is 0 Å². The molecule has 170 valence electrons. The van der Waals surface area contributed by atoms with Gasteiger partial charge >= 0.3 is 0 Å². The molecule has 2 fully saturated rings. The van der Waals surface area contributed by atoms with Crippen LogP contribution in [0.2, 0.25) is 0 Å². The van der Waals surface area contributed by atoms with E-state index in [1.54, 1.807) is 0 Å². The van der Waals surface area contributed by atoms with Crippen LogP contribution in [0, 0.1) is 0 Å². The molecule has 0 radical (unpaired) electrons. The normalized spacial score (nSPS) is 20.6. The van der Waals surface area contributed by atoms with Crippen molar-refractivity contribution in [1.82, 2.24) is 24.6 Å². The minimum Gasteiger partial charge on any atom is -0.489 e. The number of aromatic amines is 1. The first kappa shape index (κ1) is 21.2. The first-order chi connectivity index (χ1) is 15.6. The van der Waals surface area contributed by atoms with E-state index < -0.39 is 0 Å². The summed E-state index contributed by atoms with van der Waals surface area (Å²) in [7, 11) is 2.15. The van der Waals surface area contributed by atoms with Crippen LogP contribution in [0.3, 0.4) is 0 Å². The Hall–Kier alpha value is -2.67. The number of aryl methyl sites for hydroxylation is 1. The minimum atomic E-state index is -0.202. The van der Waals surface area contributed by atoms with Gasteiger partial charge in [-0.15, -0.1) is 0 Å². The van der Waals surface area contributed by atoms with Crippen LogP contribution in [0.4, 0.5) is 0 Å². The molecule has 0 aromatic heterocycles. The molecule has 0 bridgehead atoms. The molecule has 0 spiro atoms. The summed E-state index contributed by atoms with van der Waals surface area (Å²) in [6.07, 6.45) is 9.08. The van der Waals surface area contributed by atoms with Crippen molar-refractivity contribution in [3.8, 4) is 28.5 Å². The van der Waals surface area contributed by atoms with Crippen LogP contribution in [0.25, 0.3) is 22.8 Å². The number of benzene rings is 1. The van der Waals surface area contributed by atoms with Crippen LogP contribution in [0.15, 0.2) is 29.1 Å². The van der Waals surface area contributed by atoms with Gasteiger partial charge in [0.25, 0.3) is 5.56 Å².